The molecule has 0 saturated heterocycles. The SMILES string of the molecule is CN=C(N)NCCC[C@H](NC(=O)CCCCC(C)=O)C(=O)N[C@@H](CC(C)C)B(O)O. The molecule has 7 N–H and O–H groups in total. The molecule has 0 aromatic carbocycles. The summed E-state index contributed by atoms with van der Waals surface area (Å²) >= 11 is 0. The molecule has 0 bridgehead atoms. The third-order valence-electron chi connectivity index (χ3n) is 4.46. The fraction of sp³-hybridized carbons (Fsp3) is 0.789. The second-order valence-corrected chi connectivity index (χ2v) is 7.87. The first-order valence-electron chi connectivity index (χ1n) is 10.5. The van der Waals surface area contributed by atoms with Gasteiger partial charge in [-0.1, -0.05) is 13.8 Å². The number of amides is 2. The highest BCUT2D eigenvalue weighted by atomic mass is 16.4. The molecule has 0 fully saturated rings. The van der Waals surface area contributed by atoms with E-state index in [0.717, 1.165) is 0 Å². The second kappa shape index (κ2) is 15.7. The number of nitrogens with two attached hydrogens (primary N) is 1. The molecule has 2 atom stereocenters. The van der Waals surface area contributed by atoms with Gasteiger partial charge in [0.25, 0.3) is 0 Å². The Bertz CT molecular complexity index is 572. The number of guanidine groups is 1. The monoisotopic (exact) mass is 427 g/mol. The molecule has 0 aliphatic heterocycles. The molecule has 0 saturated carbocycles. The fourth-order valence-corrected chi connectivity index (χ4v) is 2.84. The lowest BCUT2D eigenvalue weighted by molar-refractivity contribution is -0.129. The van der Waals surface area contributed by atoms with E-state index in [-0.39, 0.29) is 30.0 Å². The van der Waals surface area contributed by atoms with E-state index in [2.05, 4.69) is 20.9 Å². The molecule has 0 aromatic heterocycles. The molecule has 0 aliphatic rings. The first kappa shape index (κ1) is 27.9. The molecule has 0 heterocycles. The van der Waals surface area contributed by atoms with Gasteiger partial charge in [-0.05, 0) is 44.9 Å². The summed E-state index contributed by atoms with van der Waals surface area (Å²) in [6.07, 6.45) is 3.07. The van der Waals surface area contributed by atoms with Gasteiger partial charge in [0.1, 0.15) is 11.8 Å². The number of Topliss-reactive ketones (excluding diaryl/α,β-unsaturated/α-hetero) is 1. The van der Waals surface area contributed by atoms with Crippen LogP contribution in [-0.2, 0) is 14.4 Å². The minimum Gasteiger partial charge on any atom is -0.426 e. The minimum absolute atomic E-state index is 0.0776. The maximum Gasteiger partial charge on any atom is 0.475 e. The van der Waals surface area contributed by atoms with Gasteiger partial charge in [0.05, 0.1) is 5.94 Å². The smallest absolute Gasteiger partial charge is 0.426 e. The third-order valence-corrected chi connectivity index (χ3v) is 4.46. The van der Waals surface area contributed by atoms with E-state index in [9.17, 15) is 24.4 Å². The van der Waals surface area contributed by atoms with Crippen molar-refractivity contribution in [2.24, 2.45) is 16.6 Å². The van der Waals surface area contributed by atoms with Crippen LogP contribution in [0.25, 0.3) is 0 Å². The Kier molecular flexibility index (Phi) is 14.6. The summed E-state index contributed by atoms with van der Waals surface area (Å²) in [7, 11) is -0.138. The van der Waals surface area contributed by atoms with Crippen molar-refractivity contribution in [2.75, 3.05) is 13.6 Å². The maximum atomic E-state index is 12.7. The van der Waals surface area contributed by atoms with Crippen molar-refractivity contribution in [3.8, 4) is 0 Å². The number of unbranched alkanes of at least 4 members (excludes halogenated alkanes) is 1. The molecule has 0 rings (SSSR count). The van der Waals surface area contributed by atoms with Gasteiger partial charge >= 0.3 is 7.12 Å². The quantitative estimate of drug-likeness (QED) is 0.0885. The van der Waals surface area contributed by atoms with E-state index in [1.165, 1.54) is 6.92 Å². The number of nitrogens with zero attached hydrogens (tertiary/aromatic N) is 1. The maximum absolute atomic E-state index is 12.7. The van der Waals surface area contributed by atoms with E-state index in [1.807, 2.05) is 13.8 Å². The highest BCUT2D eigenvalue weighted by Crippen LogP contribution is 2.08. The normalized spacial score (nSPS) is 13.5. The second-order valence-electron chi connectivity index (χ2n) is 7.87. The van der Waals surface area contributed by atoms with Gasteiger partial charge in [0.15, 0.2) is 5.96 Å². The zero-order valence-corrected chi connectivity index (χ0v) is 18.6. The van der Waals surface area contributed by atoms with Crippen LogP contribution in [0.4, 0.5) is 0 Å². The van der Waals surface area contributed by atoms with Gasteiger partial charge in [0, 0.05) is 26.4 Å². The van der Waals surface area contributed by atoms with Crippen molar-refractivity contribution < 1.29 is 24.4 Å². The molecule has 30 heavy (non-hydrogen) atoms. The van der Waals surface area contributed by atoms with Crippen LogP contribution in [0.15, 0.2) is 4.99 Å². The summed E-state index contributed by atoms with van der Waals surface area (Å²) in [5.74, 6) is -1.07. The van der Waals surface area contributed by atoms with Crippen LogP contribution in [0.1, 0.15) is 65.7 Å². The van der Waals surface area contributed by atoms with Gasteiger partial charge in [-0.15, -0.1) is 0 Å². The molecule has 11 heteroatoms. The van der Waals surface area contributed by atoms with Crippen LogP contribution >= 0.6 is 0 Å². The van der Waals surface area contributed by atoms with Crippen LogP contribution in [-0.4, -0.2) is 66.3 Å². The van der Waals surface area contributed by atoms with Gasteiger partial charge in [-0.2, -0.15) is 0 Å². The molecule has 172 valence electrons. The van der Waals surface area contributed by atoms with E-state index in [1.54, 1.807) is 7.05 Å². The molecule has 0 aliphatic carbocycles. The highest BCUT2D eigenvalue weighted by molar-refractivity contribution is 6.43. The summed E-state index contributed by atoms with van der Waals surface area (Å²) in [6, 6.07) is -0.819. The Morgan fingerprint density at radius 3 is 2.23 bits per heavy atom. The summed E-state index contributed by atoms with van der Waals surface area (Å²) in [5, 5.41) is 27.3. The van der Waals surface area contributed by atoms with Crippen molar-refractivity contribution in [3.63, 3.8) is 0 Å². The summed E-state index contributed by atoms with van der Waals surface area (Å²) in [4.78, 5) is 39.7. The zero-order chi connectivity index (χ0) is 23.1. The number of hydrogen-bond donors (Lipinski definition) is 6. The van der Waals surface area contributed by atoms with Gasteiger partial charge in [0.2, 0.25) is 11.8 Å². The number of rotatable bonds is 15. The topological polar surface area (TPSA) is 166 Å². The van der Waals surface area contributed by atoms with E-state index >= 15 is 0 Å². The van der Waals surface area contributed by atoms with Gasteiger partial charge in [-0.3, -0.25) is 14.6 Å². The van der Waals surface area contributed by atoms with Gasteiger partial charge < -0.3 is 36.5 Å². The minimum atomic E-state index is -1.69. The molecule has 0 spiro atoms. The Morgan fingerprint density at radius 2 is 1.70 bits per heavy atom. The van der Waals surface area contributed by atoms with Crippen LogP contribution in [0.2, 0.25) is 0 Å². The zero-order valence-electron chi connectivity index (χ0n) is 18.6. The largest absolute Gasteiger partial charge is 0.475 e. The van der Waals surface area contributed by atoms with Crippen LogP contribution in [0.3, 0.4) is 0 Å². The van der Waals surface area contributed by atoms with E-state index in [4.69, 9.17) is 5.73 Å². The van der Waals surface area contributed by atoms with Crippen LogP contribution in [0.5, 0.6) is 0 Å². The summed E-state index contributed by atoms with van der Waals surface area (Å²) < 4.78 is 0. The number of nitrogens with one attached hydrogen (secondary N) is 3. The van der Waals surface area contributed by atoms with Gasteiger partial charge in [-0.25, -0.2) is 0 Å². The Balaban J connectivity index is 4.87. The molecule has 0 unspecified atom stereocenters. The first-order valence-corrected chi connectivity index (χ1v) is 10.5. The van der Waals surface area contributed by atoms with Crippen molar-refractivity contribution >= 4 is 30.7 Å². The number of carbonyl (C=O) groups is 3. The molecule has 10 nitrogen and oxygen atoms in total. The van der Waals surface area contributed by atoms with Crippen molar-refractivity contribution in [3.05, 3.63) is 0 Å². The Morgan fingerprint density at radius 1 is 1.07 bits per heavy atom. The van der Waals surface area contributed by atoms with Crippen LogP contribution in [0, 0.1) is 5.92 Å². The van der Waals surface area contributed by atoms with Crippen LogP contribution < -0.4 is 21.7 Å². The highest BCUT2D eigenvalue weighted by Gasteiger charge is 2.29. The third kappa shape index (κ3) is 13.9. The van der Waals surface area contributed by atoms with E-state index in [0.29, 0.717) is 45.1 Å². The summed E-state index contributed by atoms with van der Waals surface area (Å²) in [6.45, 7) is 5.80. The van der Waals surface area contributed by atoms with Crippen molar-refractivity contribution in [2.45, 2.75) is 77.7 Å². The molecular formula is C19H38BN5O5. The lowest BCUT2D eigenvalue weighted by Crippen LogP contribution is -2.54. The average Bonchev–Trinajstić information content (AvgIpc) is 2.66. The fourth-order valence-electron chi connectivity index (χ4n) is 2.84. The molecule has 0 aromatic rings. The number of carbonyl (C=O) groups excluding carboxylic acids is 3. The lowest BCUT2D eigenvalue weighted by atomic mass is 9.75. The Hall–Kier alpha value is -2.14. The first-order chi connectivity index (χ1) is 14.1. The average molecular weight is 427 g/mol. The molecular weight excluding hydrogens is 389 g/mol. The number of aliphatic imine (C=N–C) groups is 1. The van der Waals surface area contributed by atoms with E-state index < -0.39 is 25.0 Å². The Labute approximate surface area is 179 Å². The predicted octanol–water partition coefficient (Wildman–Crippen LogP) is -0.522. The predicted molar refractivity (Wildman–Crippen MR) is 117 cm³/mol. The molecule has 2 amide bonds. The number of hydrogen-bond acceptors (Lipinski definition) is 6. The summed E-state index contributed by atoms with van der Waals surface area (Å²) in [5.41, 5.74) is 5.58. The molecule has 0 radical (unpaired) electrons. The van der Waals surface area contributed by atoms with Crippen molar-refractivity contribution in [1.29, 1.82) is 0 Å². The number of ketones is 1. The van der Waals surface area contributed by atoms with Crippen molar-refractivity contribution in [1.82, 2.24) is 16.0 Å². The lowest BCUT2D eigenvalue weighted by Gasteiger charge is -2.24. The standard InChI is InChI=1S/C19H38BN5O5/c1-13(2)12-16(20(29)30)25-18(28)15(9-7-11-23-19(21)22-4)24-17(27)10-6-5-8-14(3)26/h13,15-16,29-30H,5-12H2,1-4H3,(H,24,27)(H,25,28)(H3,21,22,23)/t15-,16-/m0/s1.